The Morgan fingerprint density at radius 1 is 1.05 bits per heavy atom. The standard InChI is InChI=1S/C9H8N2S.C5H6.C3H8.C2H6/c1-7-2-3-9(12-7)8-6-10-4-5-11-8;1-2-4-5-3-1;1-3-2;1-2/h2-6H,1H3;1-4H,5H2;3H2,1-2H3;1-2H3. The van der Waals surface area contributed by atoms with E-state index in [-0.39, 0.29) is 0 Å². The number of allylic oxidation sites excluding steroid dienone is 4. The zero-order chi connectivity index (χ0) is 16.6. The van der Waals surface area contributed by atoms with Crippen molar-refractivity contribution in [3.8, 4) is 10.6 Å². The molecule has 0 amide bonds. The highest BCUT2D eigenvalue weighted by Crippen LogP contribution is 2.24. The molecule has 3 heteroatoms. The third kappa shape index (κ3) is 9.24. The Morgan fingerprint density at radius 3 is 2.05 bits per heavy atom. The first kappa shape index (κ1) is 20.3. The summed E-state index contributed by atoms with van der Waals surface area (Å²) in [4.78, 5) is 10.7. The van der Waals surface area contributed by atoms with Gasteiger partial charge >= 0.3 is 0 Å². The Kier molecular flexibility index (Phi) is 13.1. The van der Waals surface area contributed by atoms with Gasteiger partial charge in [0.2, 0.25) is 0 Å². The molecule has 0 aromatic carbocycles. The normalized spacial score (nSPS) is 10.6. The van der Waals surface area contributed by atoms with Crippen molar-refractivity contribution in [2.24, 2.45) is 0 Å². The maximum atomic E-state index is 4.21. The average molecular weight is 317 g/mol. The van der Waals surface area contributed by atoms with Gasteiger partial charge in [0.15, 0.2) is 0 Å². The fourth-order valence-corrected chi connectivity index (χ4v) is 2.22. The van der Waals surface area contributed by atoms with Crippen molar-refractivity contribution in [3.63, 3.8) is 0 Å². The second-order valence-electron chi connectivity index (χ2n) is 4.30. The third-order valence-electron chi connectivity index (χ3n) is 2.21. The highest BCUT2D eigenvalue weighted by molar-refractivity contribution is 7.15. The number of nitrogens with zero attached hydrogens (tertiary/aromatic N) is 2. The van der Waals surface area contributed by atoms with Gasteiger partial charge in [-0.25, -0.2) is 0 Å². The Balaban J connectivity index is 0.000000367. The largest absolute Gasteiger partial charge is 0.261 e. The van der Waals surface area contributed by atoms with Crippen molar-refractivity contribution >= 4 is 11.3 Å². The van der Waals surface area contributed by atoms with Gasteiger partial charge in [-0.3, -0.25) is 9.97 Å². The first-order valence-electron chi connectivity index (χ1n) is 7.92. The van der Waals surface area contributed by atoms with Gasteiger partial charge in [0.05, 0.1) is 16.8 Å². The van der Waals surface area contributed by atoms with Gasteiger partial charge in [-0.2, -0.15) is 0 Å². The fraction of sp³-hybridized carbons (Fsp3) is 0.368. The molecule has 0 radical (unpaired) electrons. The van der Waals surface area contributed by atoms with E-state index >= 15 is 0 Å². The molecule has 0 N–H and O–H groups in total. The van der Waals surface area contributed by atoms with Crippen LogP contribution in [0.4, 0.5) is 0 Å². The Labute approximate surface area is 139 Å². The van der Waals surface area contributed by atoms with Crippen LogP contribution in [0.2, 0.25) is 0 Å². The minimum absolute atomic E-state index is 0.954. The Hall–Kier alpha value is -1.74. The van der Waals surface area contributed by atoms with Crippen molar-refractivity contribution in [3.05, 3.63) is 59.9 Å². The van der Waals surface area contributed by atoms with Crippen LogP contribution >= 0.6 is 11.3 Å². The Bertz CT molecular complexity index is 517. The van der Waals surface area contributed by atoms with Crippen LogP contribution in [0.15, 0.2) is 55.0 Å². The fourth-order valence-electron chi connectivity index (χ4n) is 1.39. The molecule has 1 aliphatic carbocycles. The molecule has 2 aromatic heterocycles. The summed E-state index contributed by atoms with van der Waals surface area (Å²) in [5.74, 6) is 0. The van der Waals surface area contributed by atoms with E-state index in [1.807, 2.05) is 13.8 Å². The maximum Gasteiger partial charge on any atom is 0.0984 e. The van der Waals surface area contributed by atoms with Crippen LogP contribution in [0, 0.1) is 6.92 Å². The van der Waals surface area contributed by atoms with Gasteiger partial charge in [0.25, 0.3) is 0 Å². The molecule has 1 aliphatic rings. The third-order valence-corrected chi connectivity index (χ3v) is 3.23. The number of rotatable bonds is 1. The average Bonchev–Trinajstić information content (AvgIpc) is 3.25. The number of aryl methyl sites for hydroxylation is 1. The van der Waals surface area contributed by atoms with E-state index in [0.717, 1.165) is 12.1 Å². The highest BCUT2D eigenvalue weighted by Gasteiger charge is 1.99. The molecule has 120 valence electrons. The predicted molar refractivity (Wildman–Crippen MR) is 100 cm³/mol. The van der Waals surface area contributed by atoms with Crippen molar-refractivity contribution < 1.29 is 0 Å². The van der Waals surface area contributed by atoms with Gasteiger partial charge in [-0.05, 0) is 25.5 Å². The van der Waals surface area contributed by atoms with E-state index in [1.165, 1.54) is 16.2 Å². The van der Waals surface area contributed by atoms with Crippen LogP contribution < -0.4 is 0 Å². The summed E-state index contributed by atoms with van der Waals surface area (Å²) in [6, 6.07) is 4.17. The summed E-state index contributed by atoms with van der Waals surface area (Å²) in [6.07, 6.45) is 15.9. The first-order chi connectivity index (χ1) is 10.8. The summed E-state index contributed by atoms with van der Waals surface area (Å²) in [6.45, 7) is 10.3. The molecular weight excluding hydrogens is 288 g/mol. The lowest BCUT2D eigenvalue weighted by Gasteiger charge is -1.91. The number of hydrogen-bond donors (Lipinski definition) is 0. The molecule has 22 heavy (non-hydrogen) atoms. The van der Waals surface area contributed by atoms with E-state index in [1.54, 1.807) is 29.9 Å². The van der Waals surface area contributed by atoms with Crippen LogP contribution in [-0.2, 0) is 0 Å². The summed E-state index contributed by atoms with van der Waals surface area (Å²) < 4.78 is 0. The lowest BCUT2D eigenvalue weighted by atomic mass is 10.3. The van der Waals surface area contributed by atoms with Gasteiger partial charge in [-0.15, -0.1) is 11.3 Å². The molecule has 0 fully saturated rings. The summed E-state index contributed by atoms with van der Waals surface area (Å²) in [5.41, 5.74) is 0.954. The number of thiophene rings is 1. The van der Waals surface area contributed by atoms with E-state index in [4.69, 9.17) is 0 Å². The molecule has 2 nitrogen and oxygen atoms in total. The van der Waals surface area contributed by atoms with Crippen LogP contribution in [-0.4, -0.2) is 9.97 Å². The zero-order valence-corrected chi connectivity index (χ0v) is 15.2. The second-order valence-corrected chi connectivity index (χ2v) is 5.59. The molecule has 0 unspecified atom stereocenters. The van der Waals surface area contributed by atoms with Crippen LogP contribution in [0.5, 0.6) is 0 Å². The predicted octanol–water partition coefficient (Wildman–Crippen LogP) is 6.46. The summed E-state index contributed by atoms with van der Waals surface area (Å²) >= 11 is 1.74. The molecule has 0 saturated heterocycles. The second kappa shape index (κ2) is 14.2. The first-order valence-corrected chi connectivity index (χ1v) is 8.74. The summed E-state index contributed by atoms with van der Waals surface area (Å²) in [7, 11) is 0. The van der Waals surface area contributed by atoms with Crippen molar-refractivity contribution in [1.29, 1.82) is 0 Å². The van der Waals surface area contributed by atoms with E-state index in [9.17, 15) is 0 Å². The quantitative estimate of drug-likeness (QED) is 0.603. The van der Waals surface area contributed by atoms with Crippen molar-refractivity contribution in [2.45, 2.75) is 47.5 Å². The van der Waals surface area contributed by atoms with E-state index < -0.39 is 0 Å². The van der Waals surface area contributed by atoms with E-state index in [0.29, 0.717) is 0 Å². The Morgan fingerprint density at radius 2 is 1.68 bits per heavy atom. The lowest BCUT2D eigenvalue weighted by Crippen LogP contribution is -1.79. The molecule has 0 atom stereocenters. The number of hydrogen-bond acceptors (Lipinski definition) is 3. The molecule has 0 spiro atoms. The minimum Gasteiger partial charge on any atom is -0.261 e. The van der Waals surface area contributed by atoms with Crippen LogP contribution in [0.1, 0.15) is 45.4 Å². The van der Waals surface area contributed by atoms with Gasteiger partial charge in [-0.1, -0.05) is 58.4 Å². The maximum absolute atomic E-state index is 4.21. The number of aromatic nitrogens is 2. The molecule has 2 heterocycles. The molecular formula is C19H28N2S. The van der Waals surface area contributed by atoms with Crippen LogP contribution in [0.25, 0.3) is 10.6 Å². The lowest BCUT2D eigenvalue weighted by molar-refractivity contribution is 1.09. The molecule has 0 saturated carbocycles. The summed E-state index contributed by atoms with van der Waals surface area (Å²) in [5, 5.41) is 0. The van der Waals surface area contributed by atoms with E-state index in [2.05, 4.69) is 67.2 Å². The zero-order valence-electron chi connectivity index (χ0n) is 14.4. The van der Waals surface area contributed by atoms with Crippen molar-refractivity contribution in [2.75, 3.05) is 0 Å². The van der Waals surface area contributed by atoms with Gasteiger partial charge < -0.3 is 0 Å². The molecule has 0 aliphatic heterocycles. The monoisotopic (exact) mass is 316 g/mol. The van der Waals surface area contributed by atoms with Crippen LogP contribution in [0.3, 0.4) is 0 Å². The van der Waals surface area contributed by atoms with Gasteiger partial charge in [0, 0.05) is 17.3 Å². The topological polar surface area (TPSA) is 25.8 Å². The van der Waals surface area contributed by atoms with Crippen molar-refractivity contribution in [1.82, 2.24) is 9.97 Å². The minimum atomic E-state index is 0.954. The highest BCUT2D eigenvalue weighted by atomic mass is 32.1. The molecule has 0 bridgehead atoms. The molecule has 3 rings (SSSR count). The van der Waals surface area contributed by atoms with Gasteiger partial charge in [0.1, 0.15) is 0 Å². The SMILES string of the molecule is C1=CCC=C1.CC.CCC.Cc1ccc(-c2cnccn2)s1. The molecule has 2 aromatic rings. The smallest absolute Gasteiger partial charge is 0.0984 e.